The quantitative estimate of drug-likeness (QED) is 0.570. The average Bonchev–Trinajstić information content (AvgIpc) is 1.64. The van der Waals surface area contributed by atoms with Crippen LogP contribution in [0.4, 0.5) is 13.2 Å². The average molecular weight is 156 g/mol. The maximum Gasteiger partial charge on any atom is 0.395 e. The maximum atomic E-state index is 11.1. The fraction of sp³-hybridized carbons (Fsp3) is 0.833. The van der Waals surface area contributed by atoms with Crippen LogP contribution in [0.3, 0.4) is 0 Å². The summed E-state index contributed by atoms with van der Waals surface area (Å²) in [6, 6.07) is 0. The molecule has 0 saturated carbocycles. The fourth-order valence-corrected chi connectivity index (χ4v) is 0.282. The monoisotopic (exact) mass is 156 g/mol. The molecule has 0 radical (unpaired) electrons. The van der Waals surface area contributed by atoms with Crippen molar-refractivity contribution in [3.63, 3.8) is 0 Å². The molecule has 0 saturated heterocycles. The smallest absolute Gasteiger partial charge is 0.300 e. The Balaban J connectivity index is 0. The van der Waals surface area contributed by atoms with Crippen LogP contribution < -0.4 is 0 Å². The van der Waals surface area contributed by atoms with Crippen molar-refractivity contribution < 1.29 is 18.0 Å². The van der Waals surface area contributed by atoms with Crippen LogP contribution in [0.25, 0.3) is 0 Å². The van der Waals surface area contributed by atoms with Crippen LogP contribution in [0, 0.1) is 0 Å². The van der Waals surface area contributed by atoms with Crippen molar-refractivity contribution in [3.8, 4) is 0 Å². The molecule has 0 rings (SSSR count). The summed E-state index contributed by atoms with van der Waals surface area (Å²) in [5.74, 6) is -0.850. The normalized spacial score (nSPS) is 9.80. The third-order valence-electron chi connectivity index (χ3n) is 0.449. The molecule has 0 aromatic heterocycles. The number of Topliss-reactive ketones (excluding diaryl/α,β-unsaturated/α-hetero) is 1. The Morgan fingerprint density at radius 1 is 1.30 bits per heavy atom. The highest BCUT2D eigenvalue weighted by Gasteiger charge is 2.28. The Morgan fingerprint density at radius 2 is 1.60 bits per heavy atom. The third kappa shape index (κ3) is 15.7. The highest BCUT2D eigenvalue weighted by molar-refractivity contribution is 5.76. The predicted octanol–water partition coefficient (Wildman–Crippen LogP) is 2.55. The van der Waals surface area contributed by atoms with Crippen LogP contribution in [0.5, 0.6) is 0 Å². The Hall–Kier alpha value is -0.540. The van der Waals surface area contributed by atoms with Crippen LogP contribution >= 0.6 is 0 Å². The first-order chi connectivity index (χ1) is 4.42. The van der Waals surface area contributed by atoms with Crippen LogP contribution in [0.1, 0.15) is 27.2 Å². The van der Waals surface area contributed by atoms with Gasteiger partial charge in [-0.05, 0) is 6.92 Å². The third-order valence-corrected chi connectivity index (χ3v) is 0.449. The molecular formula is C6H11F3O. The minimum Gasteiger partial charge on any atom is -0.300 e. The van der Waals surface area contributed by atoms with Gasteiger partial charge < -0.3 is 0 Å². The number of ketones is 1. The molecule has 0 unspecified atom stereocenters. The molecule has 0 spiro atoms. The van der Waals surface area contributed by atoms with E-state index in [1.807, 2.05) is 13.8 Å². The Morgan fingerprint density at radius 3 is 1.60 bits per heavy atom. The van der Waals surface area contributed by atoms with E-state index in [1.54, 1.807) is 0 Å². The lowest BCUT2D eigenvalue weighted by atomic mass is 10.3. The molecule has 1 nitrogen and oxygen atoms in total. The molecule has 0 N–H and O–H groups in total. The zero-order valence-electron chi connectivity index (χ0n) is 6.25. The van der Waals surface area contributed by atoms with Crippen LogP contribution in [-0.2, 0) is 4.79 Å². The fourth-order valence-electron chi connectivity index (χ4n) is 0.282. The zero-order chi connectivity index (χ0) is 8.78. The second-order valence-corrected chi connectivity index (χ2v) is 1.49. The van der Waals surface area contributed by atoms with Crippen molar-refractivity contribution in [1.82, 2.24) is 0 Å². The number of hydrogen-bond acceptors (Lipinski definition) is 1. The van der Waals surface area contributed by atoms with E-state index in [4.69, 9.17) is 0 Å². The number of hydrogen-bond donors (Lipinski definition) is 0. The minimum atomic E-state index is -4.33. The van der Waals surface area contributed by atoms with E-state index in [1.165, 1.54) is 0 Å². The molecule has 0 fully saturated rings. The van der Waals surface area contributed by atoms with E-state index < -0.39 is 18.4 Å². The zero-order valence-corrected chi connectivity index (χ0v) is 6.25. The first-order valence-electron chi connectivity index (χ1n) is 2.98. The van der Waals surface area contributed by atoms with Crippen molar-refractivity contribution in [3.05, 3.63) is 0 Å². The second kappa shape index (κ2) is 5.26. The summed E-state index contributed by atoms with van der Waals surface area (Å²) in [4.78, 5) is 9.74. The van der Waals surface area contributed by atoms with Gasteiger partial charge in [-0.1, -0.05) is 13.8 Å². The van der Waals surface area contributed by atoms with E-state index in [9.17, 15) is 18.0 Å². The summed E-state index contributed by atoms with van der Waals surface area (Å²) in [6.45, 7) is 4.91. The van der Waals surface area contributed by atoms with Gasteiger partial charge in [-0.3, -0.25) is 4.79 Å². The Bertz CT molecular complexity index is 95.7. The van der Waals surface area contributed by atoms with Crippen molar-refractivity contribution in [2.75, 3.05) is 0 Å². The minimum absolute atomic E-state index is 0.850. The molecule has 0 aliphatic rings. The molecule has 62 valence electrons. The first-order valence-corrected chi connectivity index (χ1v) is 2.98. The van der Waals surface area contributed by atoms with Gasteiger partial charge in [0.1, 0.15) is 12.2 Å². The first kappa shape index (κ1) is 12.2. The molecule has 0 heterocycles. The molecule has 10 heavy (non-hydrogen) atoms. The maximum absolute atomic E-state index is 11.1. The highest BCUT2D eigenvalue weighted by atomic mass is 19.4. The lowest BCUT2D eigenvalue weighted by Gasteiger charge is -1.99. The van der Waals surface area contributed by atoms with Crippen LogP contribution in [0.2, 0.25) is 0 Å². The Labute approximate surface area is 58.2 Å². The number of carbonyl (C=O) groups is 1. The lowest BCUT2D eigenvalue weighted by molar-refractivity contribution is -0.150. The van der Waals surface area contributed by atoms with Gasteiger partial charge in [0, 0.05) is 0 Å². The molecule has 0 aromatic carbocycles. The van der Waals surface area contributed by atoms with E-state index in [0.29, 0.717) is 0 Å². The van der Waals surface area contributed by atoms with Crippen LogP contribution in [0.15, 0.2) is 0 Å². The van der Waals surface area contributed by atoms with Gasteiger partial charge in [-0.2, -0.15) is 13.2 Å². The van der Waals surface area contributed by atoms with E-state index in [2.05, 4.69) is 0 Å². The largest absolute Gasteiger partial charge is 0.395 e. The van der Waals surface area contributed by atoms with Crippen molar-refractivity contribution in [2.24, 2.45) is 0 Å². The number of rotatable bonds is 1. The Kier molecular flexibility index (Phi) is 6.40. The number of carbonyl (C=O) groups excluding carboxylic acids is 1. The van der Waals surface area contributed by atoms with Gasteiger partial charge in [0.15, 0.2) is 0 Å². The number of alkyl halides is 3. The van der Waals surface area contributed by atoms with Gasteiger partial charge >= 0.3 is 6.18 Å². The molecule has 0 atom stereocenters. The van der Waals surface area contributed by atoms with Gasteiger partial charge in [-0.25, -0.2) is 0 Å². The predicted molar refractivity (Wildman–Crippen MR) is 32.7 cm³/mol. The van der Waals surface area contributed by atoms with E-state index in [0.717, 1.165) is 6.92 Å². The lowest BCUT2D eigenvalue weighted by Crippen LogP contribution is -2.11. The molecule has 0 aliphatic heterocycles. The van der Waals surface area contributed by atoms with Gasteiger partial charge in [0.05, 0.1) is 0 Å². The summed E-state index contributed by atoms with van der Waals surface area (Å²) in [7, 11) is 0. The molecule has 4 heteroatoms. The van der Waals surface area contributed by atoms with E-state index >= 15 is 0 Å². The highest BCUT2D eigenvalue weighted by Crippen LogP contribution is 2.18. The summed E-state index contributed by atoms with van der Waals surface area (Å²) in [5, 5.41) is 0. The van der Waals surface area contributed by atoms with Gasteiger partial charge in [0.2, 0.25) is 0 Å². The van der Waals surface area contributed by atoms with Crippen molar-refractivity contribution in [2.45, 2.75) is 33.4 Å². The topological polar surface area (TPSA) is 17.1 Å². The summed E-state index contributed by atoms with van der Waals surface area (Å²) < 4.78 is 33.3. The SMILES string of the molecule is CC.CC(=O)CC(F)(F)F. The van der Waals surface area contributed by atoms with Gasteiger partial charge in [-0.15, -0.1) is 0 Å². The van der Waals surface area contributed by atoms with Crippen molar-refractivity contribution in [1.29, 1.82) is 0 Å². The summed E-state index contributed by atoms with van der Waals surface area (Å²) in [5.41, 5.74) is 0. The molecule has 0 bridgehead atoms. The molecule has 0 amide bonds. The summed E-state index contributed by atoms with van der Waals surface area (Å²) in [6.07, 6.45) is -5.64. The van der Waals surface area contributed by atoms with E-state index in [-0.39, 0.29) is 0 Å². The second-order valence-electron chi connectivity index (χ2n) is 1.49. The molecule has 0 aliphatic carbocycles. The van der Waals surface area contributed by atoms with Gasteiger partial charge in [0.25, 0.3) is 0 Å². The summed E-state index contributed by atoms with van der Waals surface area (Å²) >= 11 is 0. The standard InChI is InChI=1S/C4H5F3O.C2H6/c1-3(8)2-4(5,6)7;1-2/h2H2,1H3;1-2H3. The molecule has 0 aromatic rings. The number of halogens is 3. The van der Waals surface area contributed by atoms with Crippen LogP contribution in [-0.4, -0.2) is 12.0 Å². The van der Waals surface area contributed by atoms with Crippen molar-refractivity contribution >= 4 is 5.78 Å². The molecular weight excluding hydrogens is 145 g/mol.